The first-order valence-corrected chi connectivity index (χ1v) is 8.59. The van der Waals surface area contributed by atoms with Gasteiger partial charge in [0.15, 0.2) is 0 Å². The van der Waals surface area contributed by atoms with E-state index in [-0.39, 0.29) is 27.9 Å². The average molecular weight is 408 g/mol. The Labute approximate surface area is 165 Å². The topological polar surface area (TPSA) is 121 Å². The fourth-order valence-electron chi connectivity index (χ4n) is 2.64. The minimum absolute atomic E-state index is 0.0405. The van der Waals surface area contributed by atoms with E-state index in [9.17, 15) is 24.5 Å². The predicted octanol–water partition coefficient (Wildman–Crippen LogP) is 3.03. The van der Waals surface area contributed by atoms with E-state index in [2.05, 4.69) is 5.32 Å². The lowest BCUT2D eigenvalue weighted by Crippen LogP contribution is -2.35. The molecule has 0 aliphatic heterocycles. The van der Waals surface area contributed by atoms with Gasteiger partial charge in [-0.3, -0.25) is 24.3 Å². The third-order valence-corrected chi connectivity index (χ3v) is 4.31. The zero-order chi connectivity index (χ0) is 21.0. The summed E-state index contributed by atoms with van der Waals surface area (Å²) in [5.41, 5.74) is -0.943. The number of nitro benzene ring substituents is 1. The molecule has 1 aromatic carbocycles. The smallest absolute Gasteiger partial charge is 0.329 e. The van der Waals surface area contributed by atoms with E-state index < -0.39 is 28.4 Å². The zero-order valence-corrected chi connectivity index (χ0v) is 16.1. The standard InChI is InChI=1S/C18H18ClN3O6/c1-10(2)15(18(25)28-3)21-8-4-5-13(17(21)24)20-16(23)11-6-7-14(22(26)27)12(19)9-11/h4-10,15H,1-3H3,(H,20,23). The lowest BCUT2D eigenvalue weighted by Gasteiger charge is -2.21. The monoisotopic (exact) mass is 407 g/mol. The van der Waals surface area contributed by atoms with Gasteiger partial charge in [0, 0.05) is 17.8 Å². The second-order valence-electron chi connectivity index (χ2n) is 6.22. The van der Waals surface area contributed by atoms with Crippen molar-refractivity contribution in [3.8, 4) is 0 Å². The first-order valence-electron chi connectivity index (χ1n) is 8.21. The molecule has 0 fully saturated rings. The molecule has 0 saturated heterocycles. The maximum absolute atomic E-state index is 12.7. The van der Waals surface area contributed by atoms with Crippen molar-refractivity contribution in [2.24, 2.45) is 5.92 Å². The molecule has 0 spiro atoms. The highest BCUT2D eigenvalue weighted by atomic mass is 35.5. The fraction of sp³-hybridized carbons (Fsp3) is 0.278. The molecule has 0 radical (unpaired) electrons. The Balaban J connectivity index is 2.36. The van der Waals surface area contributed by atoms with Crippen LogP contribution in [0.1, 0.15) is 30.2 Å². The number of nitrogens with one attached hydrogen (secondary N) is 1. The summed E-state index contributed by atoms with van der Waals surface area (Å²) in [4.78, 5) is 47.4. The summed E-state index contributed by atoms with van der Waals surface area (Å²) >= 11 is 5.82. The van der Waals surface area contributed by atoms with Crippen molar-refractivity contribution in [1.82, 2.24) is 4.57 Å². The summed E-state index contributed by atoms with van der Waals surface area (Å²) < 4.78 is 5.95. The van der Waals surface area contributed by atoms with Gasteiger partial charge in [0.1, 0.15) is 16.8 Å². The first-order chi connectivity index (χ1) is 13.2. The second kappa shape index (κ2) is 8.66. The van der Waals surface area contributed by atoms with Gasteiger partial charge in [0.2, 0.25) is 0 Å². The number of ether oxygens (including phenoxy) is 1. The van der Waals surface area contributed by atoms with E-state index in [1.165, 1.54) is 36.1 Å². The third-order valence-electron chi connectivity index (χ3n) is 4.00. The Hall–Kier alpha value is -3.20. The van der Waals surface area contributed by atoms with E-state index in [1.54, 1.807) is 13.8 Å². The van der Waals surface area contributed by atoms with E-state index in [1.807, 2.05) is 0 Å². The number of benzene rings is 1. The molecule has 28 heavy (non-hydrogen) atoms. The molecule has 0 aliphatic carbocycles. The molecule has 1 aromatic heterocycles. The van der Waals surface area contributed by atoms with Crippen molar-refractivity contribution >= 4 is 34.9 Å². The quantitative estimate of drug-likeness (QED) is 0.446. The van der Waals surface area contributed by atoms with E-state index >= 15 is 0 Å². The zero-order valence-electron chi connectivity index (χ0n) is 15.3. The molecule has 2 aromatic rings. The van der Waals surface area contributed by atoms with Gasteiger partial charge in [0.25, 0.3) is 17.2 Å². The van der Waals surface area contributed by atoms with Crippen molar-refractivity contribution in [3.05, 3.63) is 67.6 Å². The summed E-state index contributed by atoms with van der Waals surface area (Å²) in [5.74, 6) is -1.49. The fourth-order valence-corrected chi connectivity index (χ4v) is 2.89. The Kier molecular flexibility index (Phi) is 6.53. The largest absolute Gasteiger partial charge is 0.467 e. The van der Waals surface area contributed by atoms with Crippen molar-refractivity contribution in [2.45, 2.75) is 19.9 Å². The number of anilines is 1. The van der Waals surface area contributed by atoms with Crippen LogP contribution in [0.25, 0.3) is 0 Å². The van der Waals surface area contributed by atoms with Crippen molar-refractivity contribution in [3.63, 3.8) is 0 Å². The van der Waals surface area contributed by atoms with Gasteiger partial charge >= 0.3 is 5.97 Å². The summed E-state index contributed by atoms with van der Waals surface area (Å²) in [7, 11) is 1.23. The molecule has 0 bridgehead atoms. The van der Waals surface area contributed by atoms with Crippen LogP contribution in [0.4, 0.5) is 11.4 Å². The summed E-state index contributed by atoms with van der Waals surface area (Å²) in [6, 6.07) is 5.51. The average Bonchev–Trinajstić information content (AvgIpc) is 2.63. The van der Waals surface area contributed by atoms with Gasteiger partial charge in [0.05, 0.1) is 12.0 Å². The number of halogens is 1. The van der Waals surface area contributed by atoms with Crippen LogP contribution in [0.3, 0.4) is 0 Å². The Bertz CT molecular complexity index is 986. The first kappa shape index (κ1) is 21.1. The van der Waals surface area contributed by atoms with Crippen LogP contribution >= 0.6 is 11.6 Å². The summed E-state index contributed by atoms with van der Waals surface area (Å²) in [6.07, 6.45) is 1.43. The normalized spacial score (nSPS) is 11.8. The number of nitrogens with zero attached hydrogens (tertiary/aromatic N) is 2. The van der Waals surface area contributed by atoms with E-state index in [0.29, 0.717) is 0 Å². The highest BCUT2D eigenvalue weighted by Gasteiger charge is 2.26. The van der Waals surface area contributed by atoms with Crippen LogP contribution in [-0.2, 0) is 9.53 Å². The van der Waals surface area contributed by atoms with Gasteiger partial charge in [-0.1, -0.05) is 25.4 Å². The van der Waals surface area contributed by atoms with Gasteiger partial charge in [-0.2, -0.15) is 0 Å². The molecule has 1 N–H and O–H groups in total. The number of carbonyl (C=O) groups excluding carboxylic acids is 2. The van der Waals surface area contributed by atoms with Crippen LogP contribution in [-0.4, -0.2) is 28.5 Å². The number of nitro groups is 1. The number of hydrogen-bond donors (Lipinski definition) is 1. The third kappa shape index (κ3) is 4.37. The Morgan fingerprint density at radius 2 is 1.96 bits per heavy atom. The molecule has 2 rings (SSSR count). The molecule has 0 saturated carbocycles. The maximum atomic E-state index is 12.7. The maximum Gasteiger partial charge on any atom is 0.329 e. The van der Waals surface area contributed by atoms with Crippen molar-refractivity contribution in [1.29, 1.82) is 0 Å². The van der Waals surface area contributed by atoms with Crippen LogP contribution in [0.5, 0.6) is 0 Å². The number of rotatable bonds is 6. The van der Waals surface area contributed by atoms with Crippen molar-refractivity contribution in [2.75, 3.05) is 12.4 Å². The lowest BCUT2D eigenvalue weighted by atomic mass is 10.0. The molecular weight excluding hydrogens is 390 g/mol. The molecule has 9 nitrogen and oxygen atoms in total. The minimum atomic E-state index is -0.858. The van der Waals surface area contributed by atoms with E-state index in [0.717, 1.165) is 12.1 Å². The molecule has 148 valence electrons. The predicted molar refractivity (Wildman–Crippen MR) is 103 cm³/mol. The van der Waals surface area contributed by atoms with Gasteiger partial charge in [-0.25, -0.2) is 4.79 Å². The highest BCUT2D eigenvalue weighted by molar-refractivity contribution is 6.33. The number of amides is 1. The van der Waals surface area contributed by atoms with Crippen LogP contribution in [0, 0.1) is 16.0 Å². The Morgan fingerprint density at radius 1 is 1.29 bits per heavy atom. The molecule has 1 atom stereocenters. The molecule has 0 aliphatic rings. The van der Waals surface area contributed by atoms with Gasteiger partial charge in [-0.05, 0) is 30.2 Å². The van der Waals surface area contributed by atoms with Gasteiger partial charge < -0.3 is 10.1 Å². The summed E-state index contributed by atoms with van der Waals surface area (Å²) in [6.45, 7) is 3.52. The minimum Gasteiger partial charge on any atom is -0.467 e. The number of hydrogen-bond acceptors (Lipinski definition) is 6. The number of aromatic nitrogens is 1. The van der Waals surface area contributed by atoms with Gasteiger partial charge in [-0.15, -0.1) is 0 Å². The Morgan fingerprint density at radius 3 is 2.50 bits per heavy atom. The number of esters is 1. The molecule has 1 unspecified atom stereocenters. The van der Waals surface area contributed by atoms with Crippen LogP contribution in [0.2, 0.25) is 5.02 Å². The second-order valence-corrected chi connectivity index (χ2v) is 6.63. The summed E-state index contributed by atoms with van der Waals surface area (Å²) in [5, 5.41) is 13.1. The van der Waals surface area contributed by atoms with Crippen molar-refractivity contribution < 1.29 is 19.2 Å². The molecule has 1 heterocycles. The highest BCUT2D eigenvalue weighted by Crippen LogP contribution is 2.25. The van der Waals surface area contributed by atoms with E-state index in [4.69, 9.17) is 16.3 Å². The van der Waals surface area contributed by atoms with Crippen LogP contribution < -0.4 is 10.9 Å². The molecule has 10 heteroatoms. The number of pyridine rings is 1. The molecule has 1 amide bonds. The number of carbonyl (C=O) groups is 2. The number of methoxy groups -OCH3 is 1. The lowest BCUT2D eigenvalue weighted by molar-refractivity contribution is -0.384. The van der Waals surface area contributed by atoms with Crippen LogP contribution in [0.15, 0.2) is 41.3 Å². The molecular formula is C18H18ClN3O6. The SMILES string of the molecule is COC(=O)C(C(C)C)n1cccc(NC(=O)c2ccc([N+](=O)[O-])c(Cl)c2)c1=O.